The normalized spacial score (nSPS) is 18.3. The summed E-state index contributed by atoms with van der Waals surface area (Å²) < 4.78 is 27.0. The van der Waals surface area contributed by atoms with Gasteiger partial charge in [0.2, 0.25) is 15.9 Å². The van der Waals surface area contributed by atoms with E-state index in [-0.39, 0.29) is 23.9 Å². The molecule has 3 heterocycles. The van der Waals surface area contributed by atoms with Crippen LogP contribution in [-0.4, -0.2) is 65.7 Å². The van der Waals surface area contributed by atoms with Crippen molar-refractivity contribution in [2.75, 3.05) is 26.2 Å². The molecule has 0 saturated carbocycles. The van der Waals surface area contributed by atoms with Crippen molar-refractivity contribution in [3.8, 4) is 0 Å². The lowest BCUT2D eigenvalue weighted by Gasteiger charge is -2.34. The number of hydrogen-bond donors (Lipinski definition) is 2. The van der Waals surface area contributed by atoms with Crippen LogP contribution in [-0.2, 0) is 14.8 Å². The van der Waals surface area contributed by atoms with E-state index in [1.807, 2.05) is 0 Å². The van der Waals surface area contributed by atoms with E-state index >= 15 is 0 Å². The second kappa shape index (κ2) is 5.91. The van der Waals surface area contributed by atoms with Crippen LogP contribution in [0.5, 0.6) is 0 Å². The Balaban J connectivity index is 1.81. The highest BCUT2D eigenvalue weighted by Crippen LogP contribution is 2.25. The van der Waals surface area contributed by atoms with E-state index in [0.717, 1.165) is 0 Å². The van der Waals surface area contributed by atoms with Crippen molar-refractivity contribution in [1.29, 1.82) is 0 Å². The number of fused-ring (bicyclic) bond motifs is 1. The Morgan fingerprint density at radius 3 is 2.70 bits per heavy atom. The van der Waals surface area contributed by atoms with Gasteiger partial charge in [-0.3, -0.25) is 4.79 Å². The van der Waals surface area contributed by atoms with Crippen molar-refractivity contribution < 1.29 is 13.2 Å². The monoisotopic (exact) mass is 337 g/mol. The van der Waals surface area contributed by atoms with E-state index < -0.39 is 16.1 Å². The molecule has 0 bridgehead atoms. The molecule has 1 aliphatic heterocycles. The van der Waals surface area contributed by atoms with Gasteiger partial charge in [-0.15, -0.1) is 0 Å². The molecule has 0 unspecified atom stereocenters. The Bertz CT molecular complexity index is 822. The highest BCUT2D eigenvalue weighted by atomic mass is 32.2. The maximum atomic E-state index is 12.8. The fourth-order valence-corrected chi connectivity index (χ4v) is 4.29. The predicted octanol–water partition coefficient (Wildman–Crippen LogP) is -0.257. The smallest absolute Gasteiger partial charge is 0.245 e. The number of amides is 1. The van der Waals surface area contributed by atoms with Gasteiger partial charge in [-0.05, 0) is 19.1 Å². The molecule has 0 radical (unpaired) electrons. The van der Waals surface area contributed by atoms with Crippen LogP contribution < -0.4 is 5.73 Å². The minimum atomic E-state index is -3.62. The molecule has 2 aromatic heterocycles. The summed E-state index contributed by atoms with van der Waals surface area (Å²) in [5.41, 5.74) is 6.13. The summed E-state index contributed by atoms with van der Waals surface area (Å²) >= 11 is 0. The number of piperazine rings is 1. The van der Waals surface area contributed by atoms with Crippen LogP contribution in [0.2, 0.25) is 0 Å². The molecule has 1 saturated heterocycles. The van der Waals surface area contributed by atoms with Crippen molar-refractivity contribution in [3.63, 3.8) is 0 Å². The van der Waals surface area contributed by atoms with Crippen LogP contribution in [0.3, 0.4) is 0 Å². The second-order valence-electron chi connectivity index (χ2n) is 5.57. The van der Waals surface area contributed by atoms with Gasteiger partial charge in [0, 0.05) is 44.0 Å². The van der Waals surface area contributed by atoms with E-state index in [0.29, 0.717) is 24.1 Å². The Morgan fingerprint density at radius 1 is 1.35 bits per heavy atom. The highest BCUT2D eigenvalue weighted by Gasteiger charge is 2.32. The number of nitrogens with two attached hydrogens (primary N) is 1. The number of H-pyrrole nitrogens is 1. The topological polar surface area (TPSA) is 112 Å². The number of sulfonamides is 1. The standard InChI is InChI=1S/C14H19N5O3S/c1-10(15)14(20)18-5-7-19(8-6-18)23(21,22)12-9-17-13-11(12)3-2-4-16-13/h2-4,9-10H,5-8,15H2,1H3,(H,16,17)/t10-/m1/s1. The summed E-state index contributed by atoms with van der Waals surface area (Å²) in [6.45, 7) is 2.84. The number of rotatable bonds is 3. The van der Waals surface area contributed by atoms with E-state index in [9.17, 15) is 13.2 Å². The Labute approximate surface area is 134 Å². The van der Waals surface area contributed by atoms with Crippen molar-refractivity contribution in [1.82, 2.24) is 19.2 Å². The third-order valence-corrected chi connectivity index (χ3v) is 5.91. The molecule has 9 heteroatoms. The minimum Gasteiger partial charge on any atom is -0.345 e. The van der Waals surface area contributed by atoms with Gasteiger partial charge in [-0.25, -0.2) is 13.4 Å². The molecule has 0 aromatic carbocycles. The summed E-state index contributed by atoms with van der Waals surface area (Å²) in [5.74, 6) is -0.154. The van der Waals surface area contributed by atoms with Crippen molar-refractivity contribution >= 4 is 27.0 Å². The average Bonchev–Trinajstić information content (AvgIpc) is 2.99. The average molecular weight is 337 g/mol. The van der Waals surface area contributed by atoms with Gasteiger partial charge in [0.05, 0.1) is 6.04 Å². The number of nitrogens with one attached hydrogen (secondary N) is 1. The molecule has 23 heavy (non-hydrogen) atoms. The highest BCUT2D eigenvalue weighted by molar-refractivity contribution is 7.89. The predicted molar refractivity (Wildman–Crippen MR) is 85.1 cm³/mol. The zero-order chi connectivity index (χ0) is 16.6. The van der Waals surface area contributed by atoms with E-state index in [1.54, 1.807) is 30.2 Å². The molecule has 3 rings (SSSR count). The van der Waals surface area contributed by atoms with Crippen molar-refractivity contribution in [2.45, 2.75) is 17.9 Å². The van der Waals surface area contributed by atoms with Crippen LogP contribution in [0.1, 0.15) is 6.92 Å². The molecule has 2 aromatic rings. The molecule has 0 aliphatic carbocycles. The Hall–Kier alpha value is -1.97. The van der Waals surface area contributed by atoms with Gasteiger partial charge in [-0.1, -0.05) is 0 Å². The van der Waals surface area contributed by atoms with E-state index in [2.05, 4.69) is 9.97 Å². The van der Waals surface area contributed by atoms with Crippen molar-refractivity contribution in [2.24, 2.45) is 5.73 Å². The summed E-state index contributed by atoms with van der Waals surface area (Å²) in [5, 5.41) is 0.571. The third kappa shape index (κ3) is 2.82. The largest absolute Gasteiger partial charge is 0.345 e. The Kier molecular flexibility index (Phi) is 4.09. The SMILES string of the molecule is C[C@@H](N)C(=O)N1CCN(S(=O)(=O)c2c[nH]c3ncccc23)CC1. The molecule has 124 valence electrons. The molecule has 0 spiro atoms. The van der Waals surface area contributed by atoms with Crippen LogP contribution >= 0.6 is 0 Å². The van der Waals surface area contributed by atoms with E-state index in [4.69, 9.17) is 5.73 Å². The number of aromatic amines is 1. The maximum Gasteiger partial charge on any atom is 0.245 e. The first kappa shape index (κ1) is 15.9. The van der Waals surface area contributed by atoms with Crippen LogP contribution in [0, 0.1) is 0 Å². The quantitative estimate of drug-likeness (QED) is 0.801. The number of hydrogen-bond acceptors (Lipinski definition) is 5. The molecule has 1 amide bonds. The summed E-state index contributed by atoms with van der Waals surface area (Å²) in [6.07, 6.45) is 3.07. The fourth-order valence-electron chi connectivity index (χ4n) is 2.72. The third-order valence-electron chi connectivity index (χ3n) is 3.97. The lowest BCUT2D eigenvalue weighted by Crippen LogP contribution is -2.53. The number of pyridine rings is 1. The summed E-state index contributed by atoms with van der Waals surface area (Å²) in [6, 6.07) is 2.86. The van der Waals surface area contributed by atoms with Gasteiger partial charge in [0.15, 0.2) is 0 Å². The molecule has 3 N–H and O–H groups in total. The van der Waals surface area contributed by atoms with Crippen LogP contribution in [0.4, 0.5) is 0 Å². The zero-order valence-corrected chi connectivity index (χ0v) is 13.6. The van der Waals surface area contributed by atoms with Crippen LogP contribution in [0.25, 0.3) is 11.0 Å². The van der Waals surface area contributed by atoms with Gasteiger partial charge in [0.1, 0.15) is 10.5 Å². The number of nitrogens with zero attached hydrogens (tertiary/aromatic N) is 3. The fraction of sp³-hybridized carbons (Fsp3) is 0.429. The summed E-state index contributed by atoms with van der Waals surface area (Å²) in [4.78, 5) is 20.7. The van der Waals surface area contributed by atoms with Crippen LogP contribution in [0.15, 0.2) is 29.4 Å². The van der Waals surface area contributed by atoms with Gasteiger partial charge >= 0.3 is 0 Å². The molecular weight excluding hydrogens is 318 g/mol. The minimum absolute atomic E-state index is 0.154. The van der Waals surface area contributed by atoms with E-state index in [1.165, 1.54) is 10.5 Å². The first-order valence-electron chi connectivity index (χ1n) is 7.38. The summed E-state index contributed by atoms with van der Waals surface area (Å²) in [7, 11) is -3.62. The van der Waals surface area contributed by atoms with Gasteiger partial charge < -0.3 is 15.6 Å². The lowest BCUT2D eigenvalue weighted by atomic mass is 10.2. The Morgan fingerprint density at radius 2 is 2.04 bits per heavy atom. The molecule has 1 atom stereocenters. The molecule has 1 aliphatic rings. The lowest BCUT2D eigenvalue weighted by molar-refractivity contribution is -0.133. The molecular formula is C14H19N5O3S. The van der Waals surface area contributed by atoms with Gasteiger partial charge in [0.25, 0.3) is 0 Å². The number of aromatic nitrogens is 2. The zero-order valence-electron chi connectivity index (χ0n) is 12.8. The first-order valence-corrected chi connectivity index (χ1v) is 8.82. The maximum absolute atomic E-state index is 12.8. The van der Waals surface area contributed by atoms with Gasteiger partial charge in [-0.2, -0.15) is 4.31 Å². The second-order valence-corrected chi connectivity index (χ2v) is 7.48. The molecule has 1 fully saturated rings. The van der Waals surface area contributed by atoms with Crippen molar-refractivity contribution in [3.05, 3.63) is 24.5 Å². The number of carbonyl (C=O) groups is 1. The molecule has 8 nitrogen and oxygen atoms in total. The number of carbonyl (C=O) groups excluding carboxylic acids is 1. The first-order chi connectivity index (χ1) is 10.9.